The maximum absolute atomic E-state index is 13.3. The number of piperazine rings is 1. The zero-order valence-electron chi connectivity index (χ0n) is 17.9. The molecule has 4 fully saturated rings. The fourth-order valence-corrected chi connectivity index (χ4v) is 5.91. The lowest BCUT2D eigenvalue weighted by molar-refractivity contribution is 0.105. The van der Waals surface area contributed by atoms with Gasteiger partial charge in [-0.1, -0.05) is 0 Å². The lowest BCUT2D eigenvalue weighted by Gasteiger charge is -2.37. The van der Waals surface area contributed by atoms with Crippen molar-refractivity contribution in [1.29, 1.82) is 0 Å². The SMILES string of the molecule is CN1CCN(C2C[C@@H]3[C@H](C2)[C@H]3n2cc(-c3cnc(N)c(C(F)F)c3)nc2C2CC2)CC1. The molecule has 3 saturated carbocycles. The number of aromatic nitrogens is 3. The fourth-order valence-electron chi connectivity index (χ4n) is 5.91. The van der Waals surface area contributed by atoms with Gasteiger partial charge in [0, 0.05) is 62.1 Å². The molecule has 2 aromatic heterocycles. The van der Waals surface area contributed by atoms with E-state index in [1.54, 1.807) is 6.20 Å². The molecule has 0 spiro atoms. The predicted octanol–water partition coefficient (Wildman–Crippen LogP) is 3.54. The van der Waals surface area contributed by atoms with Gasteiger partial charge in [-0.05, 0) is 50.6 Å². The van der Waals surface area contributed by atoms with Crippen LogP contribution in [0.25, 0.3) is 11.3 Å². The summed E-state index contributed by atoms with van der Waals surface area (Å²) in [5, 5.41) is 0. The quantitative estimate of drug-likeness (QED) is 0.789. The third kappa shape index (κ3) is 3.44. The first-order chi connectivity index (χ1) is 15.0. The van der Waals surface area contributed by atoms with Gasteiger partial charge >= 0.3 is 0 Å². The van der Waals surface area contributed by atoms with Crippen molar-refractivity contribution in [1.82, 2.24) is 24.3 Å². The second-order valence-electron chi connectivity index (χ2n) is 9.95. The van der Waals surface area contributed by atoms with Crippen LogP contribution in [-0.4, -0.2) is 63.6 Å². The normalized spacial score (nSPS) is 31.4. The molecular formula is C23H30F2N6. The molecule has 3 aliphatic carbocycles. The third-order valence-corrected chi connectivity index (χ3v) is 7.93. The van der Waals surface area contributed by atoms with Crippen molar-refractivity contribution in [3.05, 3.63) is 29.8 Å². The van der Waals surface area contributed by atoms with Gasteiger partial charge in [0.05, 0.1) is 11.3 Å². The lowest BCUT2D eigenvalue weighted by Crippen LogP contribution is -2.48. The first-order valence-corrected chi connectivity index (χ1v) is 11.5. The maximum Gasteiger partial charge on any atom is 0.267 e. The minimum Gasteiger partial charge on any atom is -0.383 e. The van der Waals surface area contributed by atoms with Gasteiger partial charge in [0.2, 0.25) is 0 Å². The van der Waals surface area contributed by atoms with Crippen LogP contribution in [0, 0.1) is 11.8 Å². The molecule has 0 amide bonds. The number of alkyl halides is 2. The average Bonchev–Trinajstić information content (AvgIpc) is 3.63. The van der Waals surface area contributed by atoms with E-state index in [-0.39, 0.29) is 11.4 Å². The number of imidazole rings is 1. The predicted molar refractivity (Wildman–Crippen MR) is 115 cm³/mol. The number of pyridine rings is 1. The lowest BCUT2D eigenvalue weighted by atomic mass is 10.1. The molecule has 1 unspecified atom stereocenters. The van der Waals surface area contributed by atoms with Gasteiger partial charge in [0.15, 0.2) is 0 Å². The van der Waals surface area contributed by atoms with E-state index in [2.05, 4.69) is 32.6 Å². The molecule has 4 aliphatic rings. The van der Waals surface area contributed by atoms with Crippen LogP contribution >= 0.6 is 0 Å². The molecule has 6 nitrogen and oxygen atoms in total. The third-order valence-electron chi connectivity index (χ3n) is 7.93. The molecular weight excluding hydrogens is 398 g/mol. The number of nitrogens with zero attached hydrogens (tertiary/aromatic N) is 5. The van der Waals surface area contributed by atoms with Gasteiger partial charge in [0.25, 0.3) is 6.43 Å². The molecule has 2 aromatic rings. The maximum atomic E-state index is 13.3. The van der Waals surface area contributed by atoms with Crippen molar-refractivity contribution < 1.29 is 8.78 Å². The van der Waals surface area contributed by atoms with Crippen LogP contribution in [0.4, 0.5) is 14.6 Å². The summed E-state index contributed by atoms with van der Waals surface area (Å²) in [6.45, 7) is 4.71. The molecule has 0 bridgehead atoms. The van der Waals surface area contributed by atoms with Crippen molar-refractivity contribution >= 4 is 5.82 Å². The van der Waals surface area contributed by atoms with E-state index >= 15 is 0 Å². The van der Waals surface area contributed by atoms with E-state index in [4.69, 9.17) is 10.7 Å². The van der Waals surface area contributed by atoms with Gasteiger partial charge in [-0.25, -0.2) is 18.7 Å². The molecule has 8 heteroatoms. The Balaban J connectivity index is 1.22. The van der Waals surface area contributed by atoms with Crippen molar-refractivity contribution in [2.75, 3.05) is 39.0 Å². The van der Waals surface area contributed by atoms with Gasteiger partial charge in [0.1, 0.15) is 11.6 Å². The summed E-state index contributed by atoms with van der Waals surface area (Å²) in [4.78, 5) is 14.0. The van der Waals surface area contributed by atoms with Crippen molar-refractivity contribution in [3.63, 3.8) is 0 Å². The van der Waals surface area contributed by atoms with Gasteiger partial charge < -0.3 is 15.2 Å². The Bertz CT molecular complexity index is 966. The Morgan fingerprint density at radius 1 is 1.10 bits per heavy atom. The molecule has 31 heavy (non-hydrogen) atoms. The zero-order valence-corrected chi connectivity index (χ0v) is 17.9. The average molecular weight is 429 g/mol. The van der Waals surface area contributed by atoms with E-state index in [1.165, 1.54) is 57.9 Å². The molecule has 1 saturated heterocycles. The number of anilines is 1. The Labute approximate surface area is 181 Å². The highest BCUT2D eigenvalue weighted by atomic mass is 19.3. The van der Waals surface area contributed by atoms with Gasteiger partial charge in [-0.15, -0.1) is 0 Å². The second-order valence-corrected chi connectivity index (χ2v) is 9.95. The zero-order chi connectivity index (χ0) is 21.3. The largest absolute Gasteiger partial charge is 0.383 e. The summed E-state index contributed by atoms with van der Waals surface area (Å²) in [6.07, 6.45) is 5.92. The Morgan fingerprint density at radius 3 is 2.45 bits per heavy atom. The monoisotopic (exact) mass is 428 g/mol. The van der Waals surface area contributed by atoms with Crippen molar-refractivity contribution in [2.45, 2.75) is 50.1 Å². The minimum atomic E-state index is -2.63. The summed E-state index contributed by atoms with van der Waals surface area (Å²) < 4.78 is 29.0. The molecule has 4 atom stereocenters. The highest BCUT2D eigenvalue weighted by Crippen LogP contribution is 2.62. The first kappa shape index (κ1) is 19.6. The number of nitrogen functional groups attached to an aromatic ring is 1. The topological polar surface area (TPSA) is 63.2 Å². The first-order valence-electron chi connectivity index (χ1n) is 11.5. The van der Waals surface area contributed by atoms with Gasteiger partial charge in [-0.3, -0.25) is 4.90 Å². The smallest absolute Gasteiger partial charge is 0.267 e. The highest BCUT2D eigenvalue weighted by Gasteiger charge is 2.58. The molecule has 1 aliphatic heterocycles. The van der Waals surface area contributed by atoms with Gasteiger partial charge in [-0.2, -0.15) is 0 Å². The Hall–Kier alpha value is -2.06. The number of fused-ring (bicyclic) bond motifs is 1. The van der Waals surface area contributed by atoms with Crippen LogP contribution < -0.4 is 5.73 Å². The summed E-state index contributed by atoms with van der Waals surface area (Å²) in [7, 11) is 2.20. The molecule has 6 rings (SSSR count). The summed E-state index contributed by atoms with van der Waals surface area (Å²) in [6, 6.07) is 2.70. The summed E-state index contributed by atoms with van der Waals surface area (Å²) in [5.74, 6) is 3.00. The molecule has 0 aromatic carbocycles. The van der Waals surface area contributed by atoms with E-state index < -0.39 is 6.43 Å². The molecule has 2 N–H and O–H groups in total. The van der Waals surface area contributed by atoms with Crippen LogP contribution in [0.15, 0.2) is 18.5 Å². The summed E-state index contributed by atoms with van der Waals surface area (Å²) in [5.41, 5.74) is 6.81. The van der Waals surface area contributed by atoms with Crippen LogP contribution in [0.3, 0.4) is 0 Å². The highest BCUT2D eigenvalue weighted by molar-refractivity contribution is 5.62. The standard InChI is InChI=1S/C23H30F2N6/c1-29-4-6-30(7-5-29)15-9-16-17(10-15)20(16)31-12-19(28-23(31)13-2-3-13)14-8-18(21(24)25)22(26)27-11-14/h8,11-13,15-17,20-21H,2-7,9-10H2,1H3,(H2,26,27)/t15?,16-,17+,20+. The Kier molecular flexibility index (Phi) is 4.58. The number of nitrogens with two attached hydrogens (primary N) is 1. The number of rotatable bonds is 5. The van der Waals surface area contributed by atoms with Crippen LogP contribution in [0.1, 0.15) is 55.5 Å². The number of likely N-dealkylation sites (N-methyl/N-ethyl adjacent to an activating group) is 1. The van der Waals surface area contributed by atoms with Crippen LogP contribution in [0.5, 0.6) is 0 Å². The van der Waals surface area contributed by atoms with E-state index in [1.807, 2.05) is 0 Å². The van der Waals surface area contributed by atoms with E-state index in [0.717, 1.165) is 29.4 Å². The molecule has 3 heterocycles. The molecule has 166 valence electrons. The van der Waals surface area contributed by atoms with Crippen LogP contribution in [0.2, 0.25) is 0 Å². The number of hydrogen-bond acceptors (Lipinski definition) is 5. The molecule has 0 radical (unpaired) electrons. The number of hydrogen-bond donors (Lipinski definition) is 1. The Morgan fingerprint density at radius 2 is 1.81 bits per heavy atom. The number of halogens is 2. The summed E-state index contributed by atoms with van der Waals surface area (Å²) >= 11 is 0. The van der Waals surface area contributed by atoms with E-state index in [0.29, 0.717) is 17.5 Å². The second kappa shape index (κ2) is 7.24. The minimum absolute atomic E-state index is 0.104. The van der Waals surface area contributed by atoms with Crippen molar-refractivity contribution in [2.24, 2.45) is 11.8 Å². The van der Waals surface area contributed by atoms with Crippen molar-refractivity contribution in [3.8, 4) is 11.3 Å². The van der Waals surface area contributed by atoms with E-state index in [9.17, 15) is 8.78 Å². The van der Waals surface area contributed by atoms with Crippen LogP contribution in [-0.2, 0) is 0 Å². The fraction of sp³-hybridized carbons (Fsp3) is 0.652.